The molecular weight excluding hydrogens is 505 g/mol. The van der Waals surface area contributed by atoms with Crippen molar-refractivity contribution in [2.75, 3.05) is 32.6 Å². The minimum absolute atomic E-state index is 0.179. The first kappa shape index (κ1) is 27.9. The number of hydrogen-bond acceptors (Lipinski definition) is 8. The fourth-order valence-electron chi connectivity index (χ4n) is 3.91. The highest BCUT2D eigenvalue weighted by molar-refractivity contribution is 8.22. The number of thiazole rings is 1. The molecule has 0 unspecified atom stereocenters. The summed E-state index contributed by atoms with van der Waals surface area (Å²) < 4.78 is 19.3. The van der Waals surface area contributed by atoms with Crippen LogP contribution in [0.3, 0.4) is 0 Å². The van der Waals surface area contributed by atoms with Gasteiger partial charge in [0.15, 0.2) is 5.60 Å². The van der Waals surface area contributed by atoms with Gasteiger partial charge in [0.2, 0.25) is 4.38 Å². The Kier molecular flexibility index (Phi) is 8.20. The van der Waals surface area contributed by atoms with Crippen LogP contribution >= 0.6 is 35.3 Å². The molecule has 192 valence electrons. The highest BCUT2D eigenvalue weighted by atomic mass is 32.2. The Labute approximate surface area is 219 Å². The molecule has 34 heavy (non-hydrogen) atoms. The van der Waals surface area contributed by atoms with E-state index in [1.54, 1.807) is 0 Å². The highest BCUT2D eigenvalue weighted by Gasteiger charge is 2.50. The molecule has 2 aliphatic heterocycles. The molecule has 0 spiro atoms. The monoisotopic (exact) mass is 544 g/mol. The maximum absolute atomic E-state index is 12.6. The van der Waals surface area contributed by atoms with E-state index in [9.17, 15) is 4.79 Å². The summed E-state index contributed by atoms with van der Waals surface area (Å²) in [4.78, 5) is 21.0. The van der Waals surface area contributed by atoms with Gasteiger partial charge in [0.1, 0.15) is 19.4 Å². The number of thioether (sulfide) groups is 1. The first-order valence-corrected chi connectivity index (χ1v) is 17.4. The van der Waals surface area contributed by atoms with Gasteiger partial charge < -0.3 is 19.1 Å². The number of hydrogen-bond donors (Lipinski definition) is 0. The summed E-state index contributed by atoms with van der Waals surface area (Å²) in [5, 5.41) is 0.179. The van der Waals surface area contributed by atoms with Gasteiger partial charge in [-0.05, 0) is 63.0 Å². The van der Waals surface area contributed by atoms with E-state index < -0.39 is 19.3 Å². The quantitative estimate of drug-likeness (QED) is 0.347. The Hall–Kier alpha value is -0.683. The number of amides is 1. The van der Waals surface area contributed by atoms with Crippen LogP contribution < -0.4 is 4.63 Å². The number of rotatable bonds is 4. The second-order valence-electron chi connectivity index (χ2n) is 11.9. The van der Waals surface area contributed by atoms with Crippen LogP contribution in [0.25, 0.3) is 0 Å². The van der Waals surface area contributed by atoms with E-state index in [2.05, 4.69) is 33.9 Å². The lowest BCUT2D eigenvalue weighted by atomic mass is 9.88. The molecule has 1 amide bonds. The van der Waals surface area contributed by atoms with Crippen LogP contribution in [0.2, 0.25) is 18.1 Å². The summed E-state index contributed by atoms with van der Waals surface area (Å²) in [6, 6.07) is 0. The minimum Gasteiger partial charge on any atom is -0.460 e. The zero-order valence-corrected chi connectivity index (χ0v) is 25.5. The van der Waals surface area contributed by atoms with E-state index in [1.165, 1.54) is 21.3 Å². The molecule has 3 heterocycles. The van der Waals surface area contributed by atoms with Gasteiger partial charge >= 0.3 is 6.09 Å². The molecule has 0 bridgehead atoms. The predicted octanol–water partition coefficient (Wildman–Crippen LogP) is 5.86. The predicted molar refractivity (Wildman–Crippen MR) is 148 cm³/mol. The lowest BCUT2D eigenvalue weighted by Crippen LogP contribution is -2.52. The Balaban J connectivity index is 1.92. The van der Waals surface area contributed by atoms with Crippen LogP contribution in [0.15, 0.2) is 0 Å². The topological polar surface area (TPSA) is 60.9 Å². The second-order valence-corrected chi connectivity index (χ2v) is 19.9. The smallest absolute Gasteiger partial charge is 0.410 e. The van der Waals surface area contributed by atoms with Crippen molar-refractivity contribution < 1.29 is 19.0 Å². The van der Waals surface area contributed by atoms with E-state index >= 15 is 0 Å². The van der Waals surface area contributed by atoms with Crippen LogP contribution in [0.5, 0.6) is 0 Å². The third-order valence-electron chi connectivity index (χ3n) is 7.13. The van der Waals surface area contributed by atoms with Crippen LogP contribution in [0.4, 0.5) is 4.79 Å². The third kappa shape index (κ3) is 5.82. The number of carbonyl (C=O) groups excluding carboxylic acids is 1. The lowest BCUT2D eigenvalue weighted by Gasteiger charge is -2.41. The van der Waals surface area contributed by atoms with Crippen LogP contribution in [-0.4, -0.2) is 66.6 Å². The van der Waals surface area contributed by atoms with Crippen molar-refractivity contribution in [3.63, 3.8) is 0 Å². The zero-order chi connectivity index (χ0) is 25.5. The molecule has 0 atom stereocenters. The van der Waals surface area contributed by atoms with Gasteiger partial charge in [-0.15, -0.1) is 11.3 Å². The molecule has 0 aromatic carbocycles. The van der Waals surface area contributed by atoms with E-state index in [0.717, 1.165) is 18.5 Å². The number of nitrogens with zero attached hydrogens (tertiary/aromatic N) is 2. The Morgan fingerprint density at radius 3 is 2.24 bits per heavy atom. The molecule has 10 heteroatoms. The van der Waals surface area contributed by atoms with Crippen molar-refractivity contribution in [1.82, 2.24) is 9.88 Å². The number of thiocarbonyl (C=S) groups is 1. The summed E-state index contributed by atoms with van der Waals surface area (Å²) in [7, 11) is -1.84. The molecule has 0 saturated carbocycles. The summed E-state index contributed by atoms with van der Waals surface area (Å²) in [6.07, 6.45) is 3.48. The largest absolute Gasteiger partial charge is 0.460 e. The van der Waals surface area contributed by atoms with Crippen molar-refractivity contribution in [1.29, 1.82) is 0 Å². The van der Waals surface area contributed by atoms with Crippen LogP contribution in [0, 0.1) is 0 Å². The normalized spacial score (nSPS) is 19.5. The molecule has 2 aliphatic rings. The van der Waals surface area contributed by atoms with Crippen molar-refractivity contribution in [2.24, 2.45) is 0 Å². The number of likely N-dealkylation sites (tertiary alicyclic amines) is 1. The van der Waals surface area contributed by atoms with Crippen molar-refractivity contribution >= 4 is 58.5 Å². The van der Waals surface area contributed by atoms with Gasteiger partial charge in [0.05, 0.1) is 17.8 Å². The number of carbonyl (C=O) groups is 1. The summed E-state index contributed by atoms with van der Waals surface area (Å²) in [6.45, 7) is 19.8. The maximum atomic E-state index is 12.6. The minimum atomic E-state index is -1.84. The molecule has 6 nitrogen and oxygen atoms in total. The molecule has 1 aromatic rings. The fraction of sp³-hybridized carbons (Fsp3) is 0.792. The third-order valence-corrected chi connectivity index (χ3v) is 15.9. The standard InChI is InChI=1S/C24H40N2O4S3Si/c1-22(2,3)29-20(27)26-12-10-16(11-13-26)17-18(24(14-28-15-24)30-21(31)32-7)25-19(33-17)34(8,9)23(4,5)6/h16H,10-15H2,1-9H3. The number of piperidine rings is 1. The molecule has 3 rings (SSSR count). The second kappa shape index (κ2) is 9.99. The average molecular weight is 545 g/mol. The van der Waals surface area contributed by atoms with E-state index in [4.69, 9.17) is 31.4 Å². The number of ether oxygens (including phenoxy) is 3. The SMILES string of the molecule is CSC(=S)OC1(c2nc([Si](C)(C)C(C)(C)C)sc2C2CCN(C(=O)OC(C)(C)C)CC2)COC1. The summed E-state index contributed by atoms with van der Waals surface area (Å²) >= 11 is 8.74. The van der Waals surface area contributed by atoms with E-state index in [1.807, 2.05) is 43.3 Å². The van der Waals surface area contributed by atoms with Crippen molar-refractivity contribution in [2.45, 2.75) is 89.6 Å². The zero-order valence-electron chi connectivity index (χ0n) is 22.1. The summed E-state index contributed by atoms with van der Waals surface area (Å²) in [5.41, 5.74) is -0.0781. The molecular formula is C24H40N2O4S3Si. The average Bonchev–Trinajstić information content (AvgIpc) is 3.14. The molecule has 0 radical (unpaired) electrons. The van der Waals surface area contributed by atoms with Gasteiger partial charge in [0, 0.05) is 18.0 Å². The van der Waals surface area contributed by atoms with Gasteiger partial charge in [-0.3, -0.25) is 0 Å². The highest BCUT2D eigenvalue weighted by Crippen LogP contribution is 2.45. The van der Waals surface area contributed by atoms with Gasteiger partial charge in [-0.25, -0.2) is 9.78 Å². The van der Waals surface area contributed by atoms with Gasteiger partial charge in [-0.1, -0.05) is 45.6 Å². The first-order valence-electron chi connectivity index (χ1n) is 11.9. The Morgan fingerprint density at radius 2 is 1.79 bits per heavy atom. The summed E-state index contributed by atoms with van der Waals surface area (Å²) in [5.74, 6) is 0.327. The fourth-order valence-corrected chi connectivity index (χ4v) is 8.69. The Morgan fingerprint density at radius 1 is 1.21 bits per heavy atom. The van der Waals surface area contributed by atoms with Crippen molar-refractivity contribution in [3.05, 3.63) is 10.6 Å². The van der Waals surface area contributed by atoms with E-state index in [-0.39, 0.29) is 11.1 Å². The van der Waals surface area contributed by atoms with E-state index in [0.29, 0.717) is 36.6 Å². The number of aromatic nitrogens is 1. The maximum Gasteiger partial charge on any atom is 0.410 e. The lowest BCUT2D eigenvalue weighted by molar-refractivity contribution is -0.174. The van der Waals surface area contributed by atoms with Crippen molar-refractivity contribution in [3.8, 4) is 0 Å². The molecule has 2 fully saturated rings. The molecule has 2 saturated heterocycles. The van der Waals surface area contributed by atoms with Crippen LogP contribution in [-0.2, 0) is 19.8 Å². The van der Waals surface area contributed by atoms with Gasteiger partial charge in [-0.2, -0.15) is 0 Å². The van der Waals surface area contributed by atoms with Gasteiger partial charge in [0.25, 0.3) is 0 Å². The first-order chi connectivity index (χ1) is 15.6. The Bertz CT molecular complexity index is 908. The molecule has 0 N–H and O–H groups in total. The van der Waals surface area contributed by atoms with Crippen LogP contribution in [0.1, 0.15) is 70.9 Å². The molecule has 1 aromatic heterocycles. The molecule has 0 aliphatic carbocycles.